The number of halogens is 1. The van der Waals surface area contributed by atoms with Crippen LogP contribution in [0.3, 0.4) is 0 Å². The monoisotopic (exact) mass is 367 g/mol. The number of ether oxygens (including phenoxy) is 2. The Morgan fingerprint density at radius 2 is 1.82 bits per heavy atom. The van der Waals surface area contributed by atoms with Gasteiger partial charge in [0.05, 0.1) is 6.42 Å². The molecule has 1 heterocycles. The van der Waals surface area contributed by atoms with Crippen LogP contribution in [0.4, 0.5) is 0 Å². The number of benzene rings is 1. The van der Waals surface area contributed by atoms with Crippen molar-refractivity contribution in [3.8, 4) is 11.5 Å². The van der Waals surface area contributed by atoms with Crippen LogP contribution in [0, 0.1) is 5.92 Å². The van der Waals surface area contributed by atoms with E-state index in [1.54, 1.807) is 0 Å². The van der Waals surface area contributed by atoms with Gasteiger partial charge in [0.15, 0.2) is 11.5 Å². The van der Waals surface area contributed by atoms with Crippen LogP contribution in [0.15, 0.2) is 16.6 Å². The van der Waals surface area contributed by atoms with Gasteiger partial charge in [0, 0.05) is 10.5 Å². The van der Waals surface area contributed by atoms with Crippen LogP contribution in [-0.2, 0) is 11.2 Å². The number of rotatable bonds is 3. The highest BCUT2D eigenvalue weighted by atomic mass is 79.9. The molecule has 120 valence electrons. The van der Waals surface area contributed by atoms with Crippen molar-refractivity contribution in [3.63, 3.8) is 0 Å². The van der Waals surface area contributed by atoms with E-state index in [1.807, 2.05) is 12.1 Å². The summed E-state index contributed by atoms with van der Waals surface area (Å²) in [5.74, 6) is 2.34. The molecule has 0 aromatic heterocycles. The second kappa shape index (κ2) is 6.90. The molecule has 0 unspecified atom stereocenters. The minimum absolute atomic E-state index is 0.0805. The molecule has 1 aliphatic heterocycles. The number of hydrogen-bond donors (Lipinski definition) is 1. The summed E-state index contributed by atoms with van der Waals surface area (Å²) in [4.78, 5) is 12.3. The second-order valence-corrected chi connectivity index (χ2v) is 7.14. The highest BCUT2D eigenvalue weighted by Gasteiger charge is 2.21. The van der Waals surface area contributed by atoms with Gasteiger partial charge in [-0.25, -0.2) is 0 Å². The molecule has 1 N–H and O–H groups in total. The Morgan fingerprint density at radius 1 is 1.18 bits per heavy atom. The summed E-state index contributed by atoms with van der Waals surface area (Å²) < 4.78 is 12.0. The van der Waals surface area contributed by atoms with Crippen molar-refractivity contribution < 1.29 is 14.3 Å². The molecular formula is C17H22BrNO3. The van der Waals surface area contributed by atoms with Gasteiger partial charge in [-0.05, 0) is 49.3 Å². The minimum atomic E-state index is 0.0805. The third-order valence-electron chi connectivity index (χ3n) is 4.44. The SMILES string of the molecule is CC1CCC(NC(=O)Cc2cc3c(cc2Br)OCCO3)CC1. The zero-order valence-electron chi connectivity index (χ0n) is 12.9. The first-order valence-electron chi connectivity index (χ1n) is 7.99. The molecule has 1 aromatic carbocycles. The third kappa shape index (κ3) is 3.75. The van der Waals surface area contributed by atoms with E-state index in [2.05, 4.69) is 28.2 Å². The zero-order valence-corrected chi connectivity index (χ0v) is 14.4. The van der Waals surface area contributed by atoms with Crippen molar-refractivity contribution in [2.45, 2.75) is 45.1 Å². The topological polar surface area (TPSA) is 47.6 Å². The predicted molar refractivity (Wildman–Crippen MR) is 88.4 cm³/mol. The summed E-state index contributed by atoms with van der Waals surface area (Å²) in [5, 5.41) is 3.16. The number of hydrogen-bond acceptors (Lipinski definition) is 3. The second-order valence-electron chi connectivity index (χ2n) is 6.29. The van der Waals surface area contributed by atoms with E-state index in [9.17, 15) is 4.79 Å². The molecule has 0 radical (unpaired) electrons. The molecule has 5 heteroatoms. The first kappa shape index (κ1) is 15.7. The van der Waals surface area contributed by atoms with Crippen molar-refractivity contribution in [2.24, 2.45) is 5.92 Å². The Kier molecular flexibility index (Phi) is 4.91. The first-order valence-corrected chi connectivity index (χ1v) is 8.78. The predicted octanol–water partition coefficient (Wildman–Crippen LogP) is 3.46. The summed E-state index contributed by atoms with van der Waals surface area (Å²) in [6.07, 6.45) is 4.96. The lowest BCUT2D eigenvalue weighted by Gasteiger charge is -2.27. The van der Waals surface area contributed by atoms with Gasteiger partial charge in [-0.15, -0.1) is 0 Å². The third-order valence-corrected chi connectivity index (χ3v) is 5.18. The molecule has 2 aliphatic rings. The van der Waals surface area contributed by atoms with Gasteiger partial charge in [-0.1, -0.05) is 22.9 Å². The number of carbonyl (C=O) groups excluding carboxylic acids is 1. The number of nitrogens with one attached hydrogen (secondary N) is 1. The van der Waals surface area contributed by atoms with Gasteiger partial charge < -0.3 is 14.8 Å². The van der Waals surface area contributed by atoms with Crippen LogP contribution in [0.25, 0.3) is 0 Å². The van der Waals surface area contributed by atoms with Gasteiger partial charge in [0.1, 0.15) is 13.2 Å². The lowest BCUT2D eigenvalue weighted by atomic mass is 9.87. The fourth-order valence-corrected chi connectivity index (χ4v) is 3.56. The fourth-order valence-electron chi connectivity index (χ4n) is 3.10. The maximum atomic E-state index is 12.3. The molecule has 4 nitrogen and oxygen atoms in total. The average Bonchev–Trinajstić information content (AvgIpc) is 2.50. The molecule has 0 atom stereocenters. The van der Waals surface area contributed by atoms with Crippen LogP contribution in [0.1, 0.15) is 38.2 Å². The molecule has 0 saturated heterocycles. The van der Waals surface area contributed by atoms with E-state index in [0.717, 1.165) is 40.3 Å². The van der Waals surface area contributed by atoms with Gasteiger partial charge in [-0.2, -0.15) is 0 Å². The van der Waals surface area contributed by atoms with Crippen LogP contribution in [-0.4, -0.2) is 25.2 Å². The highest BCUT2D eigenvalue weighted by Crippen LogP contribution is 2.35. The summed E-state index contributed by atoms with van der Waals surface area (Å²) in [6, 6.07) is 4.13. The lowest BCUT2D eigenvalue weighted by Crippen LogP contribution is -2.38. The van der Waals surface area contributed by atoms with E-state index in [-0.39, 0.29) is 5.91 Å². The minimum Gasteiger partial charge on any atom is -0.486 e. The summed E-state index contributed by atoms with van der Waals surface area (Å²) >= 11 is 3.52. The number of fused-ring (bicyclic) bond motifs is 1. The Bertz CT molecular complexity index is 553. The molecule has 1 amide bonds. The first-order chi connectivity index (χ1) is 10.6. The van der Waals surface area contributed by atoms with Crippen molar-refractivity contribution in [1.29, 1.82) is 0 Å². The summed E-state index contributed by atoms with van der Waals surface area (Å²) in [5.41, 5.74) is 0.936. The Morgan fingerprint density at radius 3 is 2.50 bits per heavy atom. The Labute approximate surface area is 139 Å². The van der Waals surface area contributed by atoms with Gasteiger partial charge >= 0.3 is 0 Å². The van der Waals surface area contributed by atoms with Crippen LogP contribution in [0.5, 0.6) is 11.5 Å². The number of amides is 1. The molecule has 3 rings (SSSR count). The quantitative estimate of drug-likeness (QED) is 0.889. The van der Waals surface area contributed by atoms with E-state index in [4.69, 9.17) is 9.47 Å². The molecule has 0 bridgehead atoms. The lowest BCUT2D eigenvalue weighted by molar-refractivity contribution is -0.121. The Balaban J connectivity index is 1.61. The molecule has 0 spiro atoms. The van der Waals surface area contributed by atoms with Crippen LogP contribution < -0.4 is 14.8 Å². The van der Waals surface area contributed by atoms with Crippen molar-refractivity contribution in [2.75, 3.05) is 13.2 Å². The number of carbonyl (C=O) groups is 1. The average molecular weight is 368 g/mol. The normalized spacial score (nSPS) is 23.9. The largest absolute Gasteiger partial charge is 0.486 e. The smallest absolute Gasteiger partial charge is 0.224 e. The van der Waals surface area contributed by atoms with Crippen molar-refractivity contribution in [3.05, 3.63) is 22.2 Å². The van der Waals surface area contributed by atoms with E-state index < -0.39 is 0 Å². The maximum absolute atomic E-state index is 12.3. The van der Waals surface area contributed by atoms with Crippen molar-refractivity contribution >= 4 is 21.8 Å². The fraction of sp³-hybridized carbons (Fsp3) is 0.588. The Hall–Kier alpha value is -1.23. The molecular weight excluding hydrogens is 346 g/mol. The molecule has 1 aliphatic carbocycles. The van der Waals surface area contributed by atoms with Crippen LogP contribution >= 0.6 is 15.9 Å². The zero-order chi connectivity index (χ0) is 15.5. The maximum Gasteiger partial charge on any atom is 0.224 e. The van der Waals surface area contributed by atoms with E-state index >= 15 is 0 Å². The molecule has 1 aromatic rings. The molecule has 1 saturated carbocycles. The van der Waals surface area contributed by atoms with Crippen molar-refractivity contribution in [1.82, 2.24) is 5.32 Å². The van der Waals surface area contributed by atoms with E-state index in [1.165, 1.54) is 12.8 Å². The molecule has 22 heavy (non-hydrogen) atoms. The molecule has 1 fully saturated rings. The van der Waals surface area contributed by atoms with Gasteiger partial charge in [-0.3, -0.25) is 4.79 Å². The van der Waals surface area contributed by atoms with Gasteiger partial charge in [0.25, 0.3) is 0 Å². The highest BCUT2D eigenvalue weighted by molar-refractivity contribution is 9.10. The van der Waals surface area contributed by atoms with Crippen LogP contribution in [0.2, 0.25) is 0 Å². The standard InChI is InChI=1S/C17H22BrNO3/c1-11-2-4-13(5-3-11)19-17(20)9-12-8-15-16(10-14(12)18)22-7-6-21-15/h8,10-11,13H,2-7,9H2,1H3,(H,19,20). The van der Waals surface area contributed by atoms with Gasteiger partial charge in [0.2, 0.25) is 5.91 Å². The van der Waals surface area contributed by atoms with E-state index in [0.29, 0.717) is 25.7 Å². The summed E-state index contributed by atoms with van der Waals surface area (Å²) in [6.45, 7) is 3.41. The summed E-state index contributed by atoms with van der Waals surface area (Å²) in [7, 11) is 0.